The molecule has 2 unspecified atom stereocenters. The summed E-state index contributed by atoms with van der Waals surface area (Å²) >= 11 is 6.01. The number of nitrogens with one attached hydrogen (secondary N) is 2. The van der Waals surface area contributed by atoms with Gasteiger partial charge in [0.15, 0.2) is 17.5 Å². The number of rotatable bonds is 6. The van der Waals surface area contributed by atoms with E-state index in [9.17, 15) is 26.4 Å². The molecular formula is C19H18ClF3N2O4S. The molecule has 0 heterocycles. The number of ether oxygens (including phenoxy) is 1. The first-order chi connectivity index (χ1) is 14.1. The Morgan fingerprint density at radius 1 is 1.13 bits per heavy atom. The summed E-state index contributed by atoms with van der Waals surface area (Å²) in [5, 5.41) is 2.09. The molecule has 0 aliphatic heterocycles. The summed E-state index contributed by atoms with van der Waals surface area (Å²) in [5.41, 5.74) is -0.591. The van der Waals surface area contributed by atoms with Gasteiger partial charge in [0.05, 0.1) is 21.6 Å². The molecule has 2 aromatic carbocycles. The van der Waals surface area contributed by atoms with Crippen LogP contribution in [0.25, 0.3) is 0 Å². The van der Waals surface area contributed by atoms with Crippen LogP contribution < -0.4 is 10.0 Å². The molecule has 11 heteroatoms. The van der Waals surface area contributed by atoms with Crippen molar-refractivity contribution in [3.63, 3.8) is 0 Å². The van der Waals surface area contributed by atoms with Gasteiger partial charge in [0.25, 0.3) is 5.91 Å². The number of carbonyl (C=O) groups excluding carboxylic acids is 1. The Balaban J connectivity index is 1.85. The van der Waals surface area contributed by atoms with Gasteiger partial charge in [-0.25, -0.2) is 26.3 Å². The molecule has 2 aromatic rings. The van der Waals surface area contributed by atoms with E-state index in [2.05, 4.69) is 10.0 Å². The Morgan fingerprint density at radius 2 is 1.80 bits per heavy atom. The minimum Gasteiger partial charge on any atom is -0.380 e. The Bertz CT molecular complexity index is 1060. The van der Waals surface area contributed by atoms with Gasteiger partial charge in [-0.3, -0.25) is 4.79 Å². The number of sulfonamides is 1. The first kappa shape index (κ1) is 22.5. The molecule has 1 aliphatic rings. The van der Waals surface area contributed by atoms with Gasteiger partial charge in [-0.05, 0) is 37.5 Å². The zero-order valence-corrected chi connectivity index (χ0v) is 17.3. The Kier molecular flexibility index (Phi) is 6.71. The number of amides is 1. The molecule has 3 rings (SSSR count). The number of methoxy groups -OCH3 is 1. The predicted octanol–water partition coefficient (Wildman–Crippen LogP) is 3.86. The third kappa shape index (κ3) is 4.77. The molecule has 0 radical (unpaired) electrons. The molecule has 1 fully saturated rings. The first-order valence-electron chi connectivity index (χ1n) is 8.93. The minimum atomic E-state index is -3.99. The van der Waals surface area contributed by atoms with Crippen LogP contribution in [0.3, 0.4) is 0 Å². The van der Waals surface area contributed by atoms with Gasteiger partial charge >= 0.3 is 0 Å². The van der Waals surface area contributed by atoms with E-state index in [1.54, 1.807) is 0 Å². The standard InChI is InChI=1S/C19H18ClF3N2O4S/c1-29-17-4-2-3-16(17)25-30(27,28)11-5-6-13(20)12(9-11)19(26)24-10-7-14(21)18(23)15(22)8-10/h5-9,16-17,25H,2-4H2,1H3,(H,24,26). The van der Waals surface area contributed by atoms with E-state index in [-0.39, 0.29) is 27.3 Å². The van der Waals surface area contributed by atoms with Crippen molar-refractivity contribution in [1.82, 2.24) is 4.72 Å². The second-order valence-corrected chi connectivity index (χ2v) is 8.90. The summed E-state index contributed by atoms with van der Waals surface area (Å²) in [6.07, 6.45) is 1.89. The summed E-state index contributed by atoms with van der Waals surface area (Å²) in [6.45, 7) is 0. The highest BCUT2D eigenvalue weighted by Gasteiger charge is 2.31. The fourth-order valence-electron chi connectivity index (χ4n) is 3.28. The summed E-state index contributed by atoms with van der Waals surface area (Å²) in [7, 11) is -2.49. The molecule has 0 spiro atoms. The smallest absolute Gasteiger partial charge is 0.257 e. The maximum atomic E-state index is 13.4. The average molecular weight is 463 g/mol. The van der Waals surface area contributed by atoms with Crippen molar-refractivity contribution in [1.29, 1.82) is 0 Å². The quantitative estimate of drug-likeness (QED) is 0.638. The van der Waals surface area contributed by atoms with Gasteiger partial charge in [0, 0.05) is 31.0 Å². The van der Waals surface area contributed by atoms with Gasteiger partial charge in [0.2, 0.25) is 10.0 Å². The topological polar surface area (TPSA) is 84.5 Å². The predicted molar refractivity (Wildman–Crippen MR) is 104 cm³/mol. The second-order valence-electron chi connectivity index (χ2n) is 6.78. The lowest BCUT2D eigenvalue weighted by Crippen LogP contribution is -2.40. The molecule has 2 N–H and O–H groups in total. The van der Waals surface area contributed by atoms with Gasteiger partial charge in [-0.1, -0.05) is 11.6 Å². The summed E-state index contributed by atoms with van der Waals surface area (Å²) in [4.78, 5) is 12.3. The lowest BCUT2D eigenvalue weighted by Gasteiger charge is -2.20. The van der Waals surface area contributed by atoms with E-state index in [1.807, 2.05) is 0 Å². The van der Waals surface area contributed by atoms with E-state index < -0.39 is 39.4 Å². The third-order valence-electron chi connectivity index (χ3n) is 4.80. The second kappa shape index (κ2) is 8.93. The van der Waals surface area contributed by atoms with E-state index in [0.717, 1.165) is 18.9 Å². The van der Waals surface area contributed by atoms with Crippen LogP contribution in [0.2, 0.25) is 5.02 Å². The molecule has 6 nitrogen and oxygen atoms in total. The van der Waals surface area contributed by atoms with Crippen LogP contribution in [0.15, 0.2) is 35.2 Å². The zero-order chi connectivity index (χ0) is 22.1. The largest absolute Gasteiger partial charge is 0.380 e. The Morgan fingerprint density at radius 3 is 2.43 bits per heavy atom. The zero-order valence-electron chi connectivity index (χ0n) is 15.7. The number of halogens is 4. The van der Waals surface area contributed by atoms with Crippen LogP contribution in [-0.2, 0) is 14.8 Å². The monoisotopic (exact) mass is 462 g/mol. The van der Waals surface area contributed by atoms with Gasteiger partial charge in [-0.15, -0.1) is 0 Å². The Labute approximate surface area is 176 Å². The van der Waals surface area contributed by atoms with Gasteiger partial charge in [0.1, 0.15) is 0 Å². The molecule has 0 bridgehead atoms. The molecule has 1 amide bonds. The van der Waals surface area contributed by atoms with Crippen LogP contribution in [0, 0.1) is 17.5 Å². The molecule has 1 saturated carbocycles. The van der Waals surface area contributed by atoms with E-state index >= 15 is 0 Å². The number of hydrogen-bond acceptors (Lipinski definition) is 4. The van der Waals surface area contributed by atoms with Crippen molar-refractivity contribution >= 4 is 33.2 Å². The highest BCUT2D eigenvalue weighted by atomic mass is 35.5. The lowest BCUT2D eigenvalue weighted by molar-refractivity contribution is 0.0916. The van der Waals surface area contributed by atoms with Crippen LogP contribution >= 0.6 is 11.6 Å². The van der Waals surface area contributed by atoms with E-state index in [4.69, 9.17) is 16.3 Å². The van der Waals surface area contributed by atoms with Crippen LogP contribution in [0.1, 0.15) is 29.6 Å². The molecule has 1 aliphatic carbocycles. The Hall–Kier alpha value is -2.14. The van der Waals surface area contributed by atoms with Gasteiger partial charge < -0.3 is 10.1 Å². The number of anilines is 1. The van der Waals surface area contributed by atoms with Crippen molar-refractivity contribution in [2.75, 3.05) is 12.4 Å². The van der Waals surface area contributed by atoms with Crippen LogP contribution in [0.4, 0.5) is 18.9 Å². The molecular weight excluding hydrogens is 445 g/mol. The maximum Gasteiger partial charge on any atom is 0.257 e. The summed E-state index contributed by atoms with van der Waals surface area (Å²) in [6, 6.07) is 4.29. The normalized spacial score (nSPS) is 19.1. The van der Waals surface area contributed by atoms with Crippen molar-refractivity contribution in [2.24, 2.45) is 0 Å². The molecule has 162 valence electrons. The lowest BCUT2D eigenvalue weighted by atomic mass is 10.2. The fraction of sp³-hybridized carbons (Fsp3) is 0.316. The van der Waals surface area contributed by atoms with Gasteiger partial charge in [-0.2, -0.15) is 0 Å². The highest BCUT2D eigenvalue weighted by molar-refractivity contribution is 7.89. The van der Waals surface area contributed by atoms with Crippen molar-refractivity contribution in [2.45, 2.75) is 36.3 Å². The fourth-order valence-corrected chi connectivity index (χ4v) is 4.81. The molecule has 0 aromatic heterocycles. The van der Waals surface area contributed by atoms with Crippen LogP contribution in [-0.4, -0.2) is 33.6 Å². The average Bonchev–Trinajstić information content (AvgIpc) is 3.12. The molecule has 30 heavy (non-hydrogen) atoms. The SMILES string of the molecule is COC1CCCC1NS(=O)(=O)c1ccc(Cl)c(C(=O)Nc2cc(F)c(F)c(F)c2)c1. The summed E-state index contributed by atoms with van der Waals surface area (Å²) < 4.78 is 73.1. The molecule has 0 saturated heterocycles. The van der Waals surface area contributed by atoms with Crippen molar-refractivity contribution < 1.29 is 31.1 Å². The van der Waals surface area contributed by atoms with Crippen molar-refractivity contribution in [3.8, 4) is 0 Å². The highest BCUT2D eigenvalue weighted by Crippen LogP contribution is 2.26. The third-order valence-corrected chi connectivity index (χ3v) is 6.61. The number of benzene rings is 2. The number of carbonyl (C=O) groups is 1. The minimum absolute atomic E-state index is 0.0786. The first-order valence-corrected chi connectivity index (χ1v) is 10.8. The molecule has 2 atom stereocenters. The van der Waals surface area contributed by atoms with Crippen LogP contribution in [0.5, 0.6) is 0 Å². The van der Waals surface area contributed by atoms with E-state index in [1.165, 1.54) is 19.2 Å². The maximum absolute atomic E-state index is 13.4. The van der Waals surface area contributed by atoms with Crippen molar-refractivity contribution in [3.05, 3.63) is 58.4 Å². The number of hydrogen-bond donors (Lipinski definition) is 2. The van der Waals surface area contributed by atoms with E-state index in [0.29, 0.717) is 18.6 Å². The summed E-state index contributed by atoms with van der Waals surface area (Å²) in [5.74, 6) is -5.56.